The fourth-order valence-corrected chi connectivity index (χ4v) is 3.85. The Morgan fingerprint density at radius 1 is 1.10 bits per heavy atom. The number of rotatable bonds is 8. The first kappa shape index (κ1) is 16.2. The number of thiophene rings is 1. The van der Waals surface area contributed by atoms with Crippen LogP contribution in [0.15, 0.2) is 47.8 Å². The second-order valence-corrected chi connectivity index (χ2v) is 6.78. The molecule has 0 spiro atoms. The van der Waals surface area contributed by atoms with Crippen molar-refractivity contribution in [2.24, 2.45) is 11.7 Å². The van der Waals surface area contributed by atoms with Crippen LogP contribution < -0.4 is 5.73 Å². The Morgan fingerprint density at radius 3 is 2.43 bits per heavy atom. The number of nitrogens with zero attached hydrogens (tertiary/aromatic N) is 1. The summed E-state index contributed by atoms with van der Waals surface area (Å²) in [5.41, 5.74) is 7.11. The molecule has 0 aliphatic heterocycles. The Bertz CT molecular complexity index is 493. The van der Waals surface area contributed by atoms with Crippen LogP contribution in [0.5, 0.6) is 0 Å². The van der Waals surface area contributed by atoms with Crippen LogP contribution >= 0.6 is 11.3 Å². The third-order valence-corrected chi connectivity index (χ3v) is 4.68. The topological polar surface area (TPSA) is 29.3 Å². The highest BCUT2D eigenvalue weighted by Crippen LogP contribution is 2.33. The van der Waals surface area contributed by atoms with Gasteiger partial charge in [-0.25, -0.2) is 0 Å². The van der Waals surface area contributed by atoms with E-state index in [1.807, 2.05) is 11.3 Å². The quantitative estimate of drug-likeness (QED) is 0.788. The van der Waals surface area contributed by atoms with Crippen LogP contribution in [0.4, 0.5) is 0 Å². The summed E-state index contributed by atoms with van der Waals surface area (Å²) in [7, 11) is 0. The highest BCUT2D eigenvalue weighted by Gasteiger charge is 2.24. The molecular formula is C18H26N2S. The van der Waals surface area contributed by atoms with Crippen molar-refractivity contribution >= 4 is 11.3 Å². The summed E-state index contributed by atoms with van der Waals surface area (Å²) in [6.45, 7) is 7.41. The van der Waals surface area contributed by atoms with E-state index in [2.05, 4.69) is 66.6 Å². The number of benzene rings is 1. The van der Waals surface area contributed by atoms with Gasteiger partial charge < -0.3 is 5.73 Å². The van der Waals surface area contributed by atoms with Crippen LogP contribution in [0.3, 0.4) is 0 Å². The van der Waals surface area contributed by atoms with Crippen LogP contribution in [0.25, 0.3) is 0 Å². The molecule has 0 aliphatic carbocycles. The van der Waals surface area contributed by atoms with Crippen LogP contribution in [0, 0.1) is 5.92 Å². The second kappa shape index (κ2) is 8.32. The zero-order valence-corrected chi connectivity index (χ0v) is 13.9. The maximum Gasteiger partial charge on any atom is 0.0467 e. The van der Waals surface area contributed by atoms with E-state index < -0.39 is 0 Å². The summed E-state index contributed by atoms with van der Waals surface area (Å²) in [5.74, 6) is 0.588. The van der Waals surface area contributed by atoms with Crippen molar-refractivity contribution in [3.8, 4) is 0 Å². The Morgan fingerprint density at radius 2 is 1.86 bits per heavy atom. The van der Waals surface area contributed by atoms with Crippen molar-refractivity contribution in [2.75, 3.05) is 13.1 Å². The van der Waals surface area contributed by atoms with Gasteiger partial charge in [-0.3, -0.25) is 4.90 Å². The molecule has 21 heavy (non-hydrogen) atoms. The summed E-state index contributed by atoms with van der Waals surface area (Å²) in [4.78, 5) is 4.04. The van der Waals surface area contributed by atoms with Crippen LogP contribution in [0.1, 0.15) is 36.8 Å². The largest absolute Gasteiger partial charge is 0.330 e. The Kier molecular flexibility index (Phi) is 6.43. The average Bonchev–Trinajstić information content (AvgIpc) is 2.99. The van der Waals surface area contributed by atoms with Gasteiger partial charge in [0.05, 0.1) is 0 Å². The molecule has 3 heteroatoms. The van der Waals surface area contributed by atoms with Crippen molar-refractivity contribution in [1.29, 1.82) is 0 Å². The predicted molar refractivity (Wildman–Crippen MR) is 92.4 cm³/mol. The maximum atomic E-state index is 5.74. The highest BCUT2D eigenvalue weighted by molar-refractivity contribution is 7.10. The van der Waals surface area contributed by atoms with E-state index >= 15 is 0 Å². The van der Waals surface area contributed by atoms with Gasteiger partial charge in [-0.15, -0.1) is 11.3 Å². The molecule has 0 bridgehead atoms. The SMILES string of the molecule is CC(C)C(c1cccs1)N(CCCN)Cc1ccccc1. The van der Waals surface area contributed by atoms with Gasteiger partial charge in [0.2, 0.25) is 0 Å². The minimum atomic E-state index is 0.469. The van der Waals surface area contributed by atoms with Gasteiger partial charge in [0, 0.05) is 24.0 Å². The first-order valence-electron chi connectivity index (χ1n) is 7.74. The zero-order chi connectivity index (χ0) is 15.1. The molecule has 2 nitrogen and oxygen atoms in total. The van der Waals surface area contributed by atoms with Crippen LogP contribution in [-0.4, -0.2) is 18.0 Å². The highest BCUT2D eigenvalue weighted by atomic mass is 32.1. The van der Waals surface area contributed by atoms with E-state index in [1.54, 1.807) is 0 Å². The van der Waals surface area contributed by atoms with Crippen molar-refractivity contribution in [1.82, 2.24) is 4.90 Å². The normalized spacial score (nSPS) is 13.0. The van der Waals surface area contributed by atoms with E-state index in [1.165, 1.54) is 10.4 Å². The van der Waals surface area contributed by atoms with Gasteiger partial charge >= 0.3 is 0 Å². The van der Waals surface area contributed by atoms with Gasteiger partial charge in [-0.1, -0.05) is 50.2 Å². The molecule has 0 fully saturated rings. The molecule has 1 aromatic carbocycles. The third-order valence-electron chi connectivity index (χ3n) is 3.74. The van der Waals surface area contributed by atoms with E-state index in [0.717, 1.165) is 26.1 Å². The van der Waals surface area contributed by atoms with Crippen molar-refractivity contribution in [2.45, 2.75) is 32.9 Å². The summed E-state index contributed by atoms with van der Waals surface area (Å²) in [6.07, 6.45) is 1.04. The van der Waals surface area contributed by atoms with Crippen molar-refractivity contribution in [3.63, 3.8) is 0 Å². The predicted octanol–water partition coefficient (Wildman–Crippen LogP) is 4.30. The third kappa shape index (κ3) is 4.67. The molecule has 114 valence electrons. The molecule has 0 saturated carbocycles. The maximum absolute atomic E-state index is 5.74. The molecule has 1 atom stereocenters. The minimum Gasteiger partial charge on any atom is -0.330 e. The lowest BCUT2D eigenvalue weighted by Gasteiger charge is -2.34. The van der Waals surface area contributed by atoms with E-state index in [0.29, 0.717) is 12.0 Å². The molecule has 2 aromatic rings. The second-order valence-electron chi connectivity index (χ2n) is 5.80. The lowest BCUT2D eigenvalue weighted by Crippen LogP contribution is -2.33. The van der Waals surface area contributed by atoms with Gasteiger partial charge in [0.25, 0.3) is 0 Å². The van der Waals surface area contributed by atoms with E-state index in [-0.39, 0.29) is 0 Å². The molecule has 1 aromatic heterocycles. The molecule has 1 heterocycles. The Labute approximate surface area is 132 Å². The summed E-state index contributed by atoms with van der Waals surface area (Å²) in [5, 5.41) is 2.17. The first-order chi connectivity index (χ1) is 10.2. The van der Waals surface area contributed by atoms with Crippen LogP contribution in [0.2, 0.25) is 0 Å². The number of hydrogen-bond donors (Lipinski definition) is 1. The molecule has 2 N–H and O–H groups in total. The molecule has 0 amide bonds. The van der Waals surface area contributed by atoms with E-state index in [9.17, 15) is 0 Å². The zero-order valence-electron chi connectivity index (χ0n) is 13.0. The molecule has 0 aliphatic rings. The lowest BCUT2D eigenvalue weighted by molar-refractivity contribution is 0.148. The molecular weight excluding hydrogens is 276 g/mol. The molecule has 0 radical (unpaired) electrons. The Balaban J connectivity index is 2.20. The van der Waals surface area contributed by atoms with Gasteiger partial charge in [-0.05, 0) is 35.9 Å². The smallest absolute Gasteiger partial charge is 0.0467 e. The average molecular weight is 302 g/mol. The number of nitrogens with two attached hydrogens (primary N) is 1. The first-order valence-corrected chi connectivity index (χ1v) is 8.61. The fraction of sp³-hybridized carbons (Fsp3) is 0.444. The standard InChI is InChI=1S/C18H26N2S/c1-15(2)18(17-10-6-13-21-17)20(12-7-11-19)14-16-8-4-3-5-9-16/h3-6,8-10,13,15,18H,7,11-12,14,19H2,1-2H3. The summed E-state index contributed by atoms with van der Waals surface area (Å²) < 4.78 is 0. The minimum absolute atomic E-state index is 0.469. The molecule has 1 unspecified atom stereocenters. The monoisotopic (exact) mass is 302 g/mol. The Hall–Kier alpha value is -1.16. The molecule has 2 rings (SSSR count). The molecule has 0 saturated heterocycles. The lowest BCUT2D eigenvalue weighted by atomic mass is 9.99. The summed E-state index contributed by atoms with van der Waals surface area (Å²) >= 11 is 1.86. The van der Waals surface area contributed by atoms with Gasteiger partial charge in [0.1, 0.15) is 0 Å². The van der Waals surface area contributed by atoms with E-state index in [4.69, 9.17) is 5.73 Å². The number of hydrogen-bond acceptors (Lipinski definition) is 3. The van der Waals surface area contributed by atoms with Gasteiger partial charge in [0.15, 0.2) is 0 Å². The summed E-state index contributed by atoms with van der Waals surface area (Å²) in [6, 6.07) is 15.6. The fourth-order valence-electron chi connectivity index (χ4n) is 2.82. The van der Waals surface area contributed by atoms with Crippen molar-refractivity contribution < 1.29 is 0 Å². The van der Waals surface area contributed by atoms with Crippen LogP contribution in [-0.2, 0) is 6.54 Å². The van der Waals surface area contributed by atoms with Gasteiger partial charge in [-0.2, -0.15) is 0 Å². The van der Waals surface area contributed by atoms with Crippen molar-refractivity contribution in [3.05, 3.63) is 58.3 Å².